The van der Waals surface area contributed by atoms with Gasteiger partial charge in [0, 0.05) is 33.5 Å². The molecule has 9 rings (SSSR count). The average Bonchev–Trinajstić information content (AvgIpc) is 3.19. The molecule has 9 aromatic rings. The van der Waals surface area contributed by atoms with Crippen LogP contribution in [0.1, 0.15) is 11.1 Å². The molecule has 0 fully saturated rings. The molecule has 236 valence electrons. The van der Waals surface area contributed by atoms with E-state index < -0.39 is 0 Å². The van der Waals surface area contributed by atoms with E-state index in [-0.39, 0.29) is 0 Å². The molecule has 0 spiro atoms. The lowest BCUT2D eigenvalue weighted by molar-refractivity contribution is 1.30. The zero-order valence-corrected chi connectivity index (χ0v) is 27.6. The van der Waals surface area contributed by atoms with E-state index in [1.54, 1.807) is 0 Å². The number of nitrogens with zero attached hydrogens (tertiary/aromatic N) is 2. The lowest BCUT2D eigenvalue weighted by Gasteiger charge is -2.29. The molecule has 0 saturated heterocycles. The van der Waals surface area contributed by atoms with Crippen molar-refractivity contribution >= 4 is 89.4 Å². The summed E-state index contributed by atoms with van der Waals surface area (Å²) in [6.45, 7) is 7.94. The molecule has 0 unspecified atom stereocenters. The van der Waals surface area contributed by atoms with Crippen LogP contribution in [0.25, 0.3) is 55.2 Å². The summed E-state index contributed by atoms with van der Waals surface area (Å²) in [4.78, 5) is 4.73. The van der Waals surface area contributed by atoms with Crippen LogP contribution in [0.2, 0.25) is 0 Å². The van der Waals surface area contributed by atoms with E-state index in [4.69, 9.17) is 0 Å². The molecule has 0 aliphatic heterocycles. The van der Waals surface area contributed by atoms with Crippen molar-refractivity contribution in [1.82, 2.24) is 0 Å². The van der Waals surface area contributed by atoms with Gasteiger partial charge in [0.1, 0.15) is 0 Å². The standard InChI is InChI=1S/C48H34N2/c1-3-33-21-25-37(26-22-33)50(38-27-23-34(4-2)24-28-38)46-32-30-42-41-29-31-45(49(35-13-7-5-8-14-35)36-15-9-6-10-16-36)43-19-11-17-39(47(41)43)40-18-12-20-44(46)48(40)42/h3-32H,1-2H2. The Morgan fingerprint density at radius 1 is 0.300 bits per heavy atom. The number of fused-ring (bicyclic) bond motifs is 2. The van der Waals surface area contributed by atoms with Crippen LogP contribution >= 0.6 is 0 Å². The largest absolute Gasteiger partial charge is 0.310 e. The first-order chi connectivity index (χ1) is 24.7. The summed E-state index contributed by atoms with van der Waals surface area (Å²) in [7, 11) is 0. The molecular weight excluding hydrogens is 605 g/mol. The van der Waals surface area contributed by atoms with Crippen LogP contribution in [0, 0.1) is 0 Å². The smallest absolute Gasteiger partial charge is 0.0540 e. The molecule has 0 heterocycles. The van der Waals surface area contributed by atoms with E-state index in [1.165, 1.54) is 43.1 Å². The first-order valence-electron chi connectivity index (χ1n) is 17.0. The van der Waals surface area contributed by atoms with Crippen LogP contribution in [0.15, 0.2) is 183 Å². The van der Waals surface area contributed by atoms with Gasteiger partial charge in [0.15, 0.2) is 0 Å². The van der Waals surface area contributed by atoms with Gasteiger partial charge in [-0.15, -0.1) is 0 Å². The van der Waals surface area contributed by atoms with Gasteiger partial charge in [-0.3, -0.25) is 0 Å². The molecule has 9 aromatic carbocycles. The van der Waals surface area contributed by atoms with E-state index in [1.807, 2.05) is 12.2 Å². The molecule has 0 atom stereocenters. The Labute approximate surface area is 292 Å². The summed E-state index contributed by atoms with van der Waals surface area (Å²) >= 11 is 0. The van der Waals surface area contributed by atoms with E-state index >= 15 is 0 Å². The molecule has 0 aromatic heterocycles. The Kier molecular flexibility index (Phi) is 7.14. The van der Waals surface area contributed by atoms with Crippen LogP contribution < -0.4 is 9.80 Å². The fourth-order valence-electron chi connectivity index (χ4n) is 7.60. The van der Waals surface area contributed by atoms with Crippen molar-refractivity contribution in [3.8, 4) is 0 Å². The molecule has 0 saturated carbocycles. The second kappa shape index (κ2) is 12.1. The highest BCUT2D eigenvalue weighted by Gasteiger charge is 2.22. The second-order valence-corrected chi connectivity index (χ2v) is 12.7. The van der Waals surface area contributed by atoms with Crippen molar-refractivity contribution in [3.05, 3.63) is 194 Å². The molecule has 0 amide bonds. The fourth-order valence-corrected chi connectivity index (χ4v) is 7.60. The van der Waals surface area contributed by atoms with Crippen molar-refractivity contribution in [2.45, 2.75) is 0 Å². The molecule has 2 nitrogen and oxygen atoms in total. The number of anilines is 6. The fraction of sp³-hybridized carbons (Fsp3) is 0. The van der Waals surface area contributed by atoms with Crippen LogP contribution in [0.3, 0.4) is 0 Å². The predicted octanol–water partition coefficient (Wildman–Crippen LogP) is 14.0. The Bertz CT molecular complexity index is 2550. The minimum Gasteiger partial charge on any atom is -0.310 e. The lowest BCUT2D eigenvalue weighted by Crippen LogP contribution is -2.11. The predicted molar refractivity (Wildman–Crippen MR) is 217 cm³/mol. The van der Waals surface area contributed by atoms with Crippen molar-refractivity contribution < 1.29 is 0 Å². The summed E-state index contributed by atoms with van der Waals surface area (Å²) in [6, 6.07) is 61.3. The maximum atomic E-state index is 3.97. The minimum absolute atomic E-state index is 1.09. The lowest BCUT2D eigenvalue weighted by atomic mass is 9.88. The molecule has 0 N–H and O–H groups in total. The van der Waals surface area contributed by atoms with Gasteiger partial charge in [-0.05, 0) is 104 Å². The second-order valence-electron chi connectivity index (χ2n) is 12.7. The van der Waals surface area contributed by atoms with Gasteiger partial charge >= 0.3 is 0 Å². The third-order valence-electron chi connectivity index (χ3n) is 9.90. The molecule has 50 heavy (non-hydrogen) atoms. The topological polar surface area (TPSA) is 6.48 Å². The van der Waals surface area contributed by atoms with Gasteiger partial charge in [-0.2, -0.15) is 0 Å². The molecular formula is C48H34N2. The zero-order valence-electron chi connectivity index (χ0n) is 27.6. The normalized spacial score (nSPS) is 11.4. The van der Waals surface area contributed by atoms with E-state index in [0.717, 1.165) is 45.3 Å². The third-order valence-corrected chi connectivity index (χ3v) is 9.90. The van der Waals surface area contributed by atoms with Crippen molar-refractivity contribution in [2.24, 2.45) is 0 Å². The van der Waals surface area contributed by atoms with Crippen LogP contribution in [0.5, 0.6) is 0 Å². The highest BCUT2D eigenvalue weighted by Crippen LogP contribution is 2.48. The quantitative estimate of drug-likeness (QED) is 0.121. The van der Waals surface area contributed by atoms with Crippen molar-refractivity contribution in [3.63, 3.8) is 0 Å². The Morgan fingerprint density at radius 3 is 1.02 bits per heavy atom. The van der Waals surface area contributed by atoms with Crippen LogP contribution in [-0.2, 0) is 0 Å². The summed E-state index contributed by atoms with van der Waals surface area (Å²) in [5.74, 6) is 0. The van der Waals surface area contributed by atoms with Crippen molar-refractivity contribution in [2.75, 3.05) is 9.80 Å². The Balaban J connectivity index is 1.31. The van der Waals surface area contributed by atoms with Gasteiger partial charge in [-0.25, -0.2) is 0 Å². The van der Waals surface area contributed by atoms with Gasteiger partial charge < -0.3 is 9.80 Å². The van der Waals surface area contributed by atoms with Gasteiger partial charge in [-0.1, -0.05) is 135 Å². The summed E-state index contributed by atoms with van der Waals surface area (Å²) < 4.78 is 0. The van der Waals surface area contributed by atoms with Crippen LogP contribution in [-0.4, -0.2) is 0 Å². The highest BCUT2D eigenvalue weighted by molar-refractivity contribution is 6.35. The van der Waals surface area contributed by atoms with Gasteiger partial charge in [0.25, 0.3) is 0 Å². The number of hydrogen-bond acceptors (Lipinski definition) is 2. The number of hydrogen-bond donors (Lipinski definition) is 0. The van der Waals surface area contributed by atoms with Gasteiger partial charge in [0.05, 0.1) is 11.4 Å². The minimum atomic E-state index is 1.09. The third kappa shape index (κ3) is 4.73. The van der Waals surface area contributed by atoms with Crippen molar-refractivity contribution in [1.29, 1.82) is 0 Å². The highest BCUT2D eigenvalue weighted by atomic mass is 15.1. The molecule has 0 bridgehead atoms. The Hall–Kier alpha value is -6.64. The number of rotatable bonds is 8. The Morgan fingerprint density at radius 2 is 0.640 bits per heavy atom. The summed E-state index contributed by atoms with van der Waals surface area (Å²) in [5.41, 5.74) is 8.92. The molecule has 0 radical (unpaired) electrons. The first kappa shape index (κ1) is 29.5. The molecule has 2 heteroatoms. The number of benzene rings is 9. The van der Waals surface area contributed by atoms with Gasteiger partial charge in [0.2, 0.25) is 0 Å². The number of para-hydroxylation sites is 2. The maximum absolute atomic E-state index is 3.97. The maximum Gasteiger partial charge on any atom is 0.0540 e. The molecule has 0 aliphatic carbocycles. The first-order valence-corrected chi connectivity index (χ1v) is 17.0. The molecule has 0 aliphatic rings. The van der Waals surface area contributed by atoms with Crippen LogP contribution in [0.4, 0.5) is 34.1 Å². The average molecular weight is 639 g/mol. The monoisotopic (exact) mass is 638 g/mol. The van der Waals surface area contributed by atoms with E-state index in [0.29, 0.717) is 0 Å². The zero-order chi connectivity index (χ0) is 33.6. The SMILES string of the molecule is C=Cc1ccc(N(c2ccc(C=C)cc2)c2ccc3c4ccc(N(c5ccccc5)c5ccccc5)c5cccc(c6cccc2c63)c54)cc1. The van der Waals surface area contributed by atoms with E-state index in [2.05, 4.69) is 193 Å². The van der Waals surface area contributed by atoms with E-state index in [9.17, 15) is 0 Å². The summed E-state index contributed by atoms with van der Waals surface area (Å²) in [6.07, 6.45) is 3.77. The summed E-state index contributed by atoms with van der Waals surface area (Å²) in [5, 5.41) is 10.0.